The van der Waals surface area contributed by atoms with Crippen LogP contribution in [0.5, 0.6) is 5.88 Å². The predicted octanol–water partition coefficient (Wildman–Crippen LogP) is 4.60. The lowest BCUT2D eigenvalue weighted by molar-refractivity contribution is -0.143. The summed E-state index contributed by atoms with van der Waals surface area (Å²) in [4.78, 5) is 20.6. The number of anilines is 2. The summed E-state index contributed by atoms with van der Waals surface area (Å²) < 4.78 is 64.2. The van der Waals surface area contributed by atoms with Gasteiger partial charge >= 0.3 is 12.2 Å². The third-order valence-electron chi connectivity index (χ3n) is 6.56. The number of aliphatic hydroxyl groups is 1. The zero-order chi connectivity index (χ0) is 27.4. The number of aliphatic hydroxyl groups excluding tert-OH is 1. The standard InChI is InChI=1S/C26H32F4N4O4/c1-16-9-21(27)22(31-25(36)34-4-3-18(14-34)13-26(28,29)30)12-20(16)19-10-23(33-5-7-37-8-6-33)32-24(11-19)38-15-17(2)35/h9-12,17-18,35H,3-8,13-15H2,1-2H3,(H,31,36)/t17-,18+/m1/s1. The molecule has 0 unspecified atom stereocenters. The quantitative estimate of drug-likeness (QED) is 0.500. The van der Waals surface area contributed by atoms with Crippen LogP contribution in [0.15, 0.2) is 24.3 Å². The minimum Gasteiger partial charge on any atom is -0.475 e. The Morgan fingerprint density at radius 1 is 1.24 bits per heavy atom. The number of rotatable bonds is 7. The number of hydrogen-bond acceptors (Lipinski definition) is 6. The minimum absolute atomic E-state index is 0.0356. The van der Waals surface area contributed by atoms with Gasteiger partial charge in [-0.05, 0) is 61.1 Å². The molecule has 12 heteroatoms. The monoisotopic (exact) mass is 540 g/mol. The number of aryl methyl sites for hydroxylation is 1. The molecule has 208 valence electrons. The number of benzene rings is 1. The number of nitrogens with zero attached hydrogens (tertiary/aromatic N) is 3. The highest BCUT2D eigenvalue weighted by Crippen LogP contribution is 2.34. The Bertz CT molecular complexity index is 1140. The Hall–Kier alpha value is -3.12. The number of amides is 2. The van der Waals surface area contributed by atoms with Gasteiger partial charge in [0.2, 0.25) is 5.88 Å². The van der Waals surface area contributed by atoms with E-state index in [1.54, 1.807) is 19.9 Å². The fourth-order valence-corrected chi connectivity index (χ4v) is 4.67. The number of aromatic nitrogens is 1. The Morgan fingerprint density at radius 2 is 1.97 bits per heavy atom. The lowest BCUT2D eigenvalue weighted by Gasteiger charge is -2.28. The highest BCUT2D eigenvalue weighted by atomic mass is 19.4. The molecule has 4 rings (SSSR count). The first-order valence-corrected chi connectivity index (χ1v) is 12.6. The SMILES string of the molecule is Cc1cc(F)c(NC(=O)N2CC[C@@H](CC(F)(F)F)C2)cc1-c1cc(OC[C@@H](C)O)nc(N2CCOCC2)c1. The van der Waals surface area contributed by atoms with E-state index in [4.69, 9.17) is 9.47 Å². The molecule has 0 radical (unpaired) electrons. The van der Waals surface area contributed by atoms with E-state index in [0.717, 1.165) is 0 Å². The summed E-state index contributed by atoms with van der Waals surface area (Å²) in [6, 6.07) is 5.68. The van der Waals surface area contributed by atoms with Crippen molar-refractivity contribution in [3.05, 3.63) is 35.6 Å². The van der Waals surface area contributed by atoms with E-state index < -0.39 is 36.5 Å². The van der Waals surface area contributed by atoms with Gasteiger partial charge in [-0.2, -0.15) is 18.2 Å². The van der Waals surface area contributed by atoms with Gasteiger partial charge in [0, 0.05) is 38.7 Å². The number of likely N-dealkylation sites (tertiary alicyclic amines) is 1. The van der Waals surface area contributed by atoms with Crippen molar-refractivity contribution >= 4 is 17.5 Å². The van der Waals surface area contributed by atoms with Gasteiger partial charge in [-0.3, -0.25) is 0 Å². The van der Waals surface area contributed by atoms with Crippen molar-refractivity contribution in [3.63, 3.8) is 0 Å². The maximum absolute atomic E-state index is 14.9. The number of carbonyl (C=O) groups excluding carboxylic acids is 1. The zero-order valence-corrected chi connectivity index (χ0v) is 21.4. The molecule has 8 nitrogen and oxygen atoms in total. The molecule has 0 aliphatic carbocycles. The summed E-state index contributed by atoms with van der Waals surface area (Å²) in [7, 11) is 0. The van der Waals surface area contributed by atoms with Crippen LogP contribution in [0.3, 0.4) is 0 Å². The van der Waals surface area contributed by atoms with Crippen LogP contribution in [-0.4, -0.2) is 79.3 Å². The van der Waals surface area contributed by atoms with E-state index >= 15 is 0 Å². The van der Waals surface area contributed by atoms with Gasteiger partial charge in [0.15, 0.2) is 0 Å². The largest absolute Gasteiger partial charge is 0.475 e. The molecule has 2 amide bonds. The average molecular weight is 541 g/mol. The Labute approximate surface area is 218 Å². The van der Waals surface area contributed by atoms with Gasteiger partial charge in [-0.1, -0.05) is 0 Å². The highest BCUT2D eigenvalue weighted by molar-refractivity contribution is 5.91. The topological polar surface area (TPSA) is 87.2 Å². The van der Waals surface area contributed by atoms with Gasteiger partial charge < -0.3 is 29.7 Å². The fourth-order valence-electron chi connectivity index (χ4n) is 4.67. The fraction of sp³-hybridized carbons (Fsp3) is 0.538. The van der Waals surface area contributed by atoms with Crippen molar-refractivity contribution in [2.45, 2.75) is 39.0 Å². The third-order valence-corrected chi connectivity index (χ3v) is 6.56. The minimum atomic E-state index is -4.29. The lowest BCUT2D eigenvalue weighted by atomic mass is 10.00. The number of nitrogens with one attached hydrogen (secondary N) is 1. The van der Waals surface area contributed by atoms with Crippen LogP contribution in [0.4, 0.5) is 33.9 Å². The van der Waals surface area contributed by atoms with Gasteiger partial charge in [-0.15, -0.1) is 0 Å². The van der Waals surface area contributed by atoms with Crippen LogP contribution in [0, 0.1) is 18.7 Å². The van der Waals surface area contributed by atoms with Crippen molar-refractivity contribution in [1.82, 2.24) is 9.88 Å². The molecule has 2 atom stereocenters. The number of ether oxygens (including phenoxy) is 2. The molecule has 1 aromatic carbocycles. The summed E-state index contributed by atoms with van der Waals surface area (Å²) in [5.41, 5.74) is 1.82. The molecule has 2 fully saturated rings. The van der Waals surface area contributed by atoms with E-state index in [1.807, 2.05) is 11.0 Å². The summed E-state index contributed by atoms with van der Waals surface area (Å²) >= 11 is 0. The number of carbonyl (C=O) groups is 1. The molecule has 2 aliphatic heterocycles. The number of hydrogen-bond donors (Lipinski definition) is 2. The van der Waals surface area contributed by atoms with E-state index in [9.17, 15) is 27.5 Å². The highest BCUT2D eigenvalue weighted by Gasteiger charge is 2.36. The van der Waals surface area contributed by atoms with E-state index in [-0.39, 0.29) is 37.7 Å². The molecule has 2 aromatic rings. The molecule has 2 N–H and O–H groups in total. The number of pyridine rings is 1. The van der Waals surface area contributed by atoms with E-state index in [0.29, 0.717) is 48.8 Å². The maximum Gasteiger partial charge on any atom is 0.389 e. The lowest BCUT2D eigenvalue weighted by Crippen LogP contribution is -2.36. The van der Waals surface area contributed by atoms with Crippen molar-refractivity contribution in [2.75, 3.05) is 56.2 Å². The van der Waals surface area contributed by atoms with E-state index in [1.165, 1.54) is 17.0 Å². The third kappa shape index (κ3) is 7.25. The van der Waals surface area contributed by atoms with Gasteiger partial charge in [0.05, 0.1) is 25.0 Å². The van der Waals surface area contributed by atoms with Crippen LogP contribution >= 0.6 is 0 Å². The first-order chi connectivity index (χ1) is 18.0. The molecule has 38 heavy (non-hydrogen) atoms. The van der Waals surface area contributed by atoms with Crippen LogP contribution in [0.2, 0.25) is 0 Å². The summed E-state index contributed by atoms with van der Waals surface area (Å²) in [5, 5.41) is 12.2. The van der Waals surface area contributed by atoms with Crippen molar-refractivity contribution in [3.8, 4) is 17.0 Å². The molecular formula is C26H32F4N4O4. The number of morpholine rings is 1. The number of halogens is 4. The van der Waals surface area contributed by atoms with Crippen molar-refractivity contribution in [2.24, 2.45) is 5.92 Å². The first-order valence-electron chi connectivity index (χ1n) is 12.6. The molecule has 1 aromatic heterocycles. The summed E-state index contributed by atoms with van der Waals surface area (Å²) in [6.07, 6.45) is -5.71. The Morgan fingerprint density at radius 3 is 2.66 bits per heavy atom. The van der Waals surface area contributed by atoms with Gasteiger partial charge in [-0.25, -0.2) is 9.18 Å². The van der Waals surface area contributed by atoms with E-state index in [2.05, 4.69) is 10.3 Å². The second-order valence-corrected chi connectivity index (χ2v) is 9.81. The molecule has 2 aliphatic rings. The zero-order valence-electron chi connectivity index (χ0n) is 21.4. The van der Waals surface area contributed by atoms with Crippen LogP contribution in [-0.2, 0) is 4.74 Å². The van der Waals surface area contributed by atoms with Crippen molar-refractivity contribution in [1.29, 1.82) is 0 Å². The summed E-state index contributed by atoms with van der Waals surface area (Å²) in [5.74, 6) is -0.409. The molecule has 0 saturated carbocycles. The van der Waals surface area contributed by atoms with Gasteiger partial charge in [0.1, 0.15) is 18.2 Å². The average Bonchev–Trinajstić information content (AvgIpc) is 3.31. The predicted molar refractivity (Wildman–Crippen MR) is 134 cm³/mol. The molecule has 0 bridgehead atoms. The molecule has 3 heterocycles. The van der Waals surface area contributed by atoms with Crippen LogP contribution in [0.25, 0.3) is 11.1 Å². The molecule has 0 spiro atoms. The van der Waals surface area contributed by atoms with Crippen LogP contribution < -0.4 is 15.0 Å². The Balaban J connectivity index is 1.59. The number of alkyl halides is 3. The molecular weight excluding hydrogens is 508 g/mol. The summed E-state index contributed by atoms with van der Waals surface area (Å²) in [6.45, 7) is 5.84. The smallest absolute Gasteiger partial charge is 0.389 e. The second kappa shape index (κ2) is 11.7. The molecule has 2 saturated heterocycles. The number of urea groups is 1. The van der Waals surface area contributed by atoms with Gasteiger partial charge in [0.25, 0.3) is 0 Å². The second-order valence-electron chi connectivity index (χ2n) is 9.81. The van der Waals surface area contributed by atoms with Crippen LogP contribution in [0.1, 0.15) is 25.3 Å². The maximum atomic E-state index is 14.9. The van der Waals surface area contributed by atoms with Crippen molar-refractivity contribution < 1.29 is 36.9 Å². The first kappa shape index (κ1) is 27.9. The normalized spacial score (nSPS) is 19.0. The Kier molecular flexibility index (Phi) is 8.61.